The maximum atomic E-state index is 12.6. The molecule has 1 aromatic heterocycles. The number of H-pyrrole nitrogens is 1. The molecule has 1 amide bonds. The molecule has 0 unspecified atom stereocenters. The second-order valence-corrected chi connectivity index (χ2v) is 6.88. The third-order valence-electron chi connectivity index (χ3n) is 4.53. The summed E-state index contributed by atoms with van der Waals surface area (Å²) < 4.78 is 0. The van der Waals surface area contributed by atoms with E-state index in [4.69, 9.17) is 11.6 Å². The summed E-state index contributed by atoms with van der Waals surface area (Å²) in [7, 11) is 0. The molecule has 1 heterocycles. The number of nitrogens with zero attached hydrogens (tertiary/aromatic N) is 1. The predicted octanol–water partition coefficient (Wildman–Crippen LogP) is 5.96. The number of carbonyl (C=O) groups excluding carboxylic acids is 1. The zero-order valence-electron chi connectivity index (χ0n) is 15.2. The van der Waals surface area contributed by atoms with Crippen molar-refractivity contribution in [3.8, 4) is 22.6 Å². The van der Waals surface area contributed by atoms with Crippen molar-refractivity contribution in [2.75, 3.05) is 5.32 Å². The number of aromatic amines is 1. The van der Waals surface area contributed by atoms with Crippen LogP contribution in [0.5, 0.6) is 0 Å². The first-order valence-electron chi connectivity index (χ1n) is 8.89. The van der Waals surface area contributed by atoms with E-state index in [1.54, 1.807) is 24.4 Å². The molecule has 2 N–H and O–H groups in total. The van der Waals surface area contributed by atoms with Gasteiger partial charge in [-0.3, -0.25) is 4.79 Å². The number of anilines is 1. The Kier molecular flexibility index (Phi) is 4.96. The highest BCUT2D eigenvalue weighted by Gasteiger charge is 2.13. The van der Waals surface area contributed by atoms with Gasteiger partial charge in [0.25, 0.3) is 5.91 Å². The summed E-state index contributed by atoms with van der Waals surface area (Å²) in [6, 6.07) is 22.8. The Morgan fingerprint density at radius 3 is 2.54 bits per heavy atom. The Labute approximate surface area is 168 Å². The van der Waals surface area contributed by atoms with Crippen LogP contribution in [0, 0.1) is 6.92 Å². The van der Waals surface area contributed by atoms with Gasteiger partial charge in [-0.15, -0.1) is 0 Å². The molecule has 0 atom stereocenters. The smallest absolute Gasteiger partial charge is 0.255 e. The number of rotatable bonds is 4. The molecule has 28 heavy (non-hydrogen) atoms. The number of nitrogens with one attached hydrogen (secondary N) is 2. The van der Waals surface area contributed by atoms with Gasteiger partial charge in [-0.05, 0) is 42.3 Å². The molecule has 0 bridgehead atoms. The number of hydrogen-bond donors (Lipinski definition) is 2. The summed E-state index contributed by atoms with van der Waals surface area (Å²) in [5.41, 5.74) is 4.90. The van der Waals surface area contributed by atoms with Crippen LogP contribution in [0.2, 0.25) is 5.02 Å². The molecule has 0 aliphatic carbocycles. The van der Waals surface area contributed by atoms with E-state index in [1.165, 1.54) is 0 Å². The maximum absolute atomic E-state index is 12.6. The van der Waals surface area contributed by atoms with Crippen molar-refractivity contribution >= 4 is 23.2 Å². The molecular weight excluding hydrogens is 370 g/mol. The van der Waals surface area contributed by atoms with Gasteiger partial charge < -0.3 is 10.3 Å². The fraction of sp³-hybridized carbons (Fsp3) is 0.0435. The number of amides is 1. The van der Waals surface area contributed by atoms with Gasteiger partial charge in [0.05, 0.1) is 16.9 Å². The Bertz CT molecular complexity index is 1140. The lowest BCUT2D eigenvalue weighted by molar-refractivity contribution is 0.102. The van der Waals surface area contributed by atoms with Crippen molar-refractivity contribution in [1.82, 2.24) is 9.97 Å². The Morgan fingerprint density at radius 1 is 1.00 bits per heavy atom. The van der Waals surface area contributed by atoms with E-state index in [0.717, 1.165) is 22.4 Å². The zero-order valence-corrected chi connectivity index (χ0v) is 16.0. The molecule has 0 radical (unpaired) electrons. The standard InChI is InChI=1S/C23H18ClN3O/c1-15-7-5-6-10-18(15)23(28)26-17-11-12-20(24)19(13-17)22-25-14-21(27-22)16-8-3-2-4-9-16/h2-14H,1H3,(H,25,27)(H,26,28). The molecule has 0 saturated heterocycles. The molecule has 138 valence electrons. The minimum absolute atomic E-state index is 0.157. The van der Waals surface area contributed by atoms with E-state index in [2.05, 4.69) is 15.3 Å². The predicted molar refractivity (Wildman–Crippen MR) is 114 cm³/mol. The van der Waals surface area contributed by atoms with E-state index in [-0.39, 0.29) is 5.91 Å². The summed E-state index contributed by atoms with van der Waals surface area (Å²) in [5.74, 6) is 0.492. The van der Waals surface area contributed by atoms with Crippen molar-refractivity contribution in [1.29, 1.82) is 0 Å². The van der Waals surface area contributed by atoms with Crippen molar-refractivity contribution < 1.29 is 4.79 Å². The lowest BCUT2D eigenvalue weighted by Gasteiger charge is -2.09. The minimum atomic E-state index is -0.157. The molecule has 0 aliphatic rings. The summed E-state index contributed by atoms with van der Waals surface area (Å²) in [4.78, 5) is 20.4. The molecule has 0 fully saturated rings. The minimum Gasteiger partial charge on any atom is -0.338 e. The van der Waals surface area contributed by atoms with Gasteiger partial charge in [0.15, 0.2) is 0 Å². The van der Waals surface area contributed by atoms with Crippen molar-refractivity contribution in [2.45, 2.75) is 6.92 Å². The summed E-state index contributed by atoms with van der Waals surface area (Å²) in [6.45, 7) is 1.91. The Hall–Kier alpha value is -3.37. The largest absolute Gasteiger partial charge is 0.338 e. The second kappa shape index (κ2) is 7.71. The van der Waals surface area contributed by atoms with Crippen LogP contribution < -0.4 is 5.32 Å². The van der Waals surface area contributed by atoms with E-state index >= 15 is 0 Å². The third-order valence-corrected chi connectivity index (χ3v) is 4.86. The van der Waals surface area contributed by atoms with Crippen LogP contribution in [0.1, 0.15) is 15.9 Å². The fourth-order valence-electron chi connectivity index (χ4n) is 3.03. The second-order valence-electron chi connectivity index (χ2n) is 6.48. The van der Waals surface area contributed by atoms with Gasteiger partial charge in [0.1, 0.15) is 5.82 Å². The van der Waals surface area contributed by atoms with Gasteiger partial charge in [-0.1, -0.05) is 60.1 Å². The molecular formula is C23H18ClN3O. The summed E-state index contributed by atoms with van der Waals surface area (Å²) in [6.07, 6.45) is 1.78. The summed E-state index contributed by atoms with van der Waals surface area (Å²) in [5, 5.41) is 3.49. The maximum Gasteiger partial charge on any atom is 0.255 e. The molecule has 0 aliphatic heterocycles. The van der Waals surface area contributed by atoms with Crippen molar-refractivity contribution in [2.24, 2.45) is 0 Å². The average Bonchev–Trinajstić information content (AvgIpc) is 3.20. The quantitative estimate of drug-likeness (QED) is 0.454. The molecule has 0 saturated carbocycles. The van der Waals surface area contributed by atoms with Gasteiger partial charge in [0, 0.05) is 16.8 Å². The topological polar surface area (TPSA) is 57.8 Å². The van der Waals surface area contributed by atoms with E-state index in [0.29, 0.717) is 22.1 Å². The van der Waals surface area contributed by atoms with E-state index in [1.807, 2.05) is 61.5 Å². The SMILES string of the molecule is Cc1ccccc1C(=O)Nc1ccc(Cl)c(-c2ncc(-c3ccccc3)[nH]2)c1. The first-order chi connectivity index (χ1) is 13.6. The average molecular weight is 388 g/mol. The molecule has 4 nitrogen and oxygen atoms in total. The third kappa shape index (κ3) is 3.68. The van der Waals surface area contributed by atoms with E-state index < -0.39 is 0 Å². The molecule has 4 aromatic rings. The van der Waals surface area contributed by atoms with Crippen LogP contribution in [-0.4, -0.2) is 15.9 Å². The van der Waals surface area contributed by atoms with Crippen LogP contribution in [0.3, 0.4) is 0 Å². The van der Waals surface area contributed by atoms with Crippen LogP contribution in [0.15, 0.2) is 79.0 Å². The van der Waals surface area contributed by atoms with Gasteiger partial charge >= 0.3 is 0 Å². The molecule has 3 aromatic carbocycles. The highest BCUT2D eigenvalue weighted by atomic mass is 35.5. The van der Waals surface area contributed by atoms with Crippen LogP contribution in [0.4, 0.5) is 5.69 Å². The number of benzene rings is 3. The number of imidazole rings is 1. The normalized spacial score (nSPS) is 10.6. The van der Waals surface area contributed by atoms with Gasteiger partial charge in [0.2, 0.25) is 0 Å². The lowest BCUT2D eigenvalue weighted by atomic mass is 10.1. The number of halogens is 1. The van der Waals surface area contributed by atoms with Crippen LogP contribution >= 0.6 is 11.6 Å². The number of aromatic nitrogens is 2. The summed E-state index contributed by atoms with van der Waals surface area (Å²) >= 11 is 6.39. The van der Waals surface area contributed by atoms with Gasteiger partial charge in [-0.25, -0.2) is 4.98 Å². The molecule has 0 spiro atoms. The molecule has 5 heteroatoms. The highest BCUT2D eigenvalue weighted by molar-refractivity contribution is 6.33. The van der Waals surface area contributed by atoms with Crippen LogP contribution in [-0.2, 0) is 0 Å². The first-order valence-corrected chi connectivity index (χ1v) is 9.27. The fourth-order valence-corrected chi connectivity index (χ4v) is 3.24. The van der Waals surface area contributed by atoms with Gasteiger partial charge in [-0.2, -0.15) is 0 Å². The lowest BCUT2D eigenvalue weighted by Crippen LogP contribution is -2.13. The number of aryl methyl sites for hydroxylation is 1. The zero-order chi connectivity index (χ0) is 19.5. The van der Waals surface area contributed by atoms with Crippen molar-refractivity contribution in [3.05, 3.63) is 95.1 Å². The monoisotopic (exact) mass is 387 g/mol. The Balaban J connectivity index is 1.62. The first kappa shape index (κ1) is 18.0. The highest BCUT2D eigenvalue weighted by Crippen LogP contribution is 2.30. The number of carbonyl (C=O) groups is 1. The van der Waals surface area contributed by atoms with Crippen LogP contribution in [0.25, 0.3) is 22.6 Å². The molecule has 4 rings (SSSR count). The Morgan fingerprint density at radius 2 is 1.75 bits per heavy atom. The van der Waals surface area contributed by atoms with Crippen molar-refractivity contribution in [3.63, 3.8) is 0 Å². The van der Waals surface area contributed by atoms with E-state index in [9.17, 15) is 4.79 Å². The number of hydrogen-bond acceptors (Lipinski definition) is 2.